The zero-order valence-electron chi connectivity index (χ0n) is 14.9. The minimum Gasteiger partial charge on any atom is -0.375 e. The van der Waals surface area contributed by atoms with E-state index in [1.165, 1.54) is 10.6 Å². The van der Waals surface area contributed by atoms with Gasteiger partial charge < -0.3 is 9.64 Å². The second-order valence-electron chi connectivity index (χ2n) is 7.59. The average Bonchev–Trinajstić information content (AvgIpc) is 3.29. The predicted octanol–water partition coefficient (Wildman–Crippen LogP) is 2.18. The molecule has 0 bridgehead atoms. The highest BCUT2D eigenvalue weighted by atomic mass is 32.1. The van der Waals surface area contributed by atoms with Crippen molar-refractivity contribution in [2.45, 2.75) is 51.7 Å². The van der Waals surface area contributed by atoms with Gasteiger partial charge in [-0.15, -0.1) is 0 Å². The zero-order chi connectivity index (χ0) is 17.5. The monoisotopic (exact) mass is 372 g/mol. The number of nitrogens with zero attached hydrogens (tertiary/aromatic N) is 4. The Balaban J connectivity index is 1.24. The minimum absolute atomic E-state index is 0.0701. The highest BCUT2D eigenvalue weighted by Crippen LogP contribution is 2.32. The largest absolute Gasteiger partial charge is 0.375 e. The Morgan fingerprint density at radius 1 is 1.19 bits per heavy atom. The molecule has 1 saturated heterocycles. The van der Waals surface area contributed by atoms with Crippen LogP contribution in [0.15, 0.2) is 10.9 Å². The molecule has 2 aromatic heterocycles. The summed E-state index contributed by atoms with van der Waals surface area (Å²) >= 11 is 1.79. The number of thiazole rings is 1. The molecule has 0 N–H and O–H groups in total. The molecule has 2 aliphatic heterocycles. The molecule has 0 amide bonds. The summed E-state index contributed by atoms with van der Waals surface area (Å²) in [5.74, 6) is 0.522. The van der Waals surface area contributed by atoms with Crippen LogP contribution in [0.2, 0.25) is 0 Å². The minimum atomic E-state index is 0.0701. The summed E-state index contributed by atoms with van der Waals surface area (Å²) in [6, 6.07) is 1.81. The van der Waals surface area contributed by atoms with Crippen molar-refractivity contribution < 1.29 is 4.74 Å². The predicted molar refractivity (Wildman–Crippen MR) is 101 cm³/mol. The number of aromatic nitrogens is 3. The van der Waals surface area contributed by atoms with Crippen LogP contribution in [0.3, 0.4) is 0 Å². The Hall–Kier alpha value is -1.73. The molecule has 0 radical (unpaired) electrons. The first-order valence-electron chi connectivity index (χ1n) is 9.67. The maximum atomic E-state index is 12.3. The molecule has 1 aliphatic carbocycles. The zero-order valence-corrected chi connectivity index (χ0v) is 15.8. The summed E-state index contributed by atoms with van der Waals surface area (Å²) in [5, 5.41) is 5.78. The lowest BCUT2D eigenvalue weighted by Crippen LogP contribution is -2.37. The fourth-order valence-electron chi connectivity index (χ4n) is 4.27. The molecule has 138 valence electrons. The number of ether oxygens (including phenoxy) is 1. The van der Waals surface area contributed by atoms with Gasteiger partial charge in [-0.2, -0.15) is 5.10 Å². The molecule has 2 aromatic rings. The molecule has 0 atom stereocenters. The van der Waals surface area contributed by atoms with Crippen LogP contribution >= 0.6 is 11.3 Å². The van der Waals surface area contributed by atoms with Crippen LogP contribution in [0.4, 0.5) is 5.13 Å². The number of hydrogen-bond donors (Lipinski definition) is 0. The molecule has 6 nitrogen and oxygen atoms in total. The number of aryl methyl sites for hydroxylation is 2. The topological polar surface area (TPSA) is 60.2 Å². The van der Waals surface area contributed by atoms with Crippen molar-refractivity contribution >= 4 is 16.5 Å². The first-order chi connectivity index (χ1) is 12.8. The van der Waals surface area contributed by atoms with Crippen LogP contribution in [-0.4, -0.2) is 34.5 Å². The van der Waals surface area contributed by atoms with Gasteiger partial charge in [0.25, 0.3) is 5.56 Å². The van der Waals surface area contributed by atoms with Gasteiger partial charge in [0.15, 0.2) is 5.13 Å². The second kappa shape index (κ2) is 6.78. The highest BCUT2D eigenvalue weighted by molar-refractivity contribution is 7.15. The molecule has 3 aliphatic rings. The van der Waals surface area contributed by atoms with E-state index >= 15 is 0 Å². The maximum absolute atomic E-state index is 12.3. The molecule has 0 spiro atoms. The smallest absolute Gasteiger partial charge is 0.267 e. The number of rotatable bonds is 3. The van der Waals surface area contributed by atoms with Gasteiger partial charge in [0.05, 0.1) is 29.5 Å². The maximum Gasteiger partial charge on any atom is 0.267 e. The van der Waals surface area contributed by atoms with Gasteiger partial charge in [0.1, 0.15) is 0 Å². The van der Waals surface area contributed by atoms with Gasteiger partial charge >= 0.3 is 0 Å². The molecular weight excluding hydrogens is 348 g/mol. The summed E-state index contributed by atoms with van der Waals surface area (Å²) in [6.45, 7) is 4.29. The lowest BCUT2D eigenvalue weighted by molar-refractivity contribution is 0.112. The van der Waals surface area contributed by atoms with E-state index in [0.717, 1.165) is 87.8 Å². The molecule has 0 unspecified atom stereocenters. The molecule has 5 rings (SSSR count). The third kappa shape index (κ3) is 3.07. The van der Waals surface area contributed by atoms with E-state index in [1.54, 1.807) is 16.0 Å². The second-order valence-corrected chi connectivity index (χ2v) is 8.65. The van der Waals surface area contributed by atoms with Gasteiger partial charge in [-0.3, -0.25) is 4.79 Å². The first kappa shape index (κ1) is 16.4. The van der Waals surface area contributed by atoms with Crippen LogP contribution in [0.1, 0.15) is 41.1 Å². The van der Waals surface area contributed by atoms with Gasteiger partial charge in [-0.25, -0.2) is 9.67 Å². The van der Waals surface area contributed by atoms with Gasteiger partial charge in [-0.05, 0) is 43.6 Å². The molecule has 1 fully saturated rings. The van der Waals surface area contributed by atoms with Crippen molar-refractivity contribution in [3.63, 3.8) is 0 Å². The fourth-order valence-corrected chi connectivity index (χ4v) is 5.36. The van der Waals surface area contributed by atoms with Crippen molar-refractivity contribution in [2.24, 2.45) is 5.92 Å². The third-order valence-electron chi connectivity index (χ3n) is 5.82. The summed E-state index contributed by atoms with van der Waals surface area (Å²) in [6.07, 6.45) is 6.28. The number of anilines is 1. The van der Waals surface area contributed by atoms with Crippen LogP contribution in [0, 0.1) is 5.92 Å². The summed E-state index contributed by atoms with van der Waals surface area (Å²) in [4.78, 5) is 20.8. The van der Waals surface area contributed by atoms with E-state index in [9.17, 15) is 4.79 Å². The van der Waals surface area contributed by atoms with E-state index in [2.05, 4.69) is 10.00 Å². The lowest BCUT2D eigenvalue weighted by Gasteiger charge is -2.31. The quantitative estimate of drug-likeness (QED) is 0.826. The highest BCUT2D eigenvalue weighted by Gasteiger charge is 2.25. The van der Waals surface area contributed by atoms with E-state index in [4.69, 9.17) is 9.72 Å². The molecule has 7 heteroatoms. The van der Waals surface area contributed by atoms with Gasteiger partial charge in [0, 0.05) is 32.1 Å². The van der Waals surface area contributed by atoms with Crippen LogP contribution in [0.5, 0.6) is 0 Å². The van der Waals surface area contributed by atoms with E-state index < -0.39 is 0 Å². The SMILES string of the molecule is O=c1cc2c(nn1CC1CCN(c3nc4c(s3)COCC4)CC1)CCC2. The molecule has 4 heterocycles. The van der Waals surface area contributed by atoms with Crippen molar-refractivity contribution in [3.8, 4) is 0 Å². The van der Waals surface area contributed by atoms with E-state index in [1.807, 2.05) is 6.07 Å². The molecular formula is C19H24N4O2S. The molecule has 0 saturated carbocycles. The van der Waals surface area contributed by atoms with Crippen molar-refractivity contribution in [1.82, 2.24) is 14.8 Å². The number of hydrogen-bond acceptors (Lipinski definition) is 6. The van der Waals surface area contributed by atoms with Crippen LogP contribution in [0.25, 0.3) is 0 Å². The molecule has 26 heavy (non-hydrogen) atoms. The van der Waals surface area contributed by atoms with Crippen LogP contribution in [-0.2, 0) is 37.2 Å². The standard InChI is InChI=1S/C19H24N4O2S/c24-18-10-14-2-1-3-15(14)21-23(18)11-13-4-7-22(8-5-13)19-20-16-6-9-25-12-17(16)26-19/h10,13H,1-9,11-12H2. The average molecular weight is 372 g/mol. The summed E-state index contributed by atoms with van der Waals surface area (Å²) < 4.78 is 7.25. The van der Waals surface area contributed by atoms with Crippen molar-refractivity contribution in [2.75, 3.05) is 24.6 Å². The van der Waals surface area contributed by atoms with Crippen molar-refractivity contribution in [1.29, 1.82) is 0 Å². The van der Waals surface area contributed by atoms with Gasteiger partial charge in [0.2, 0.25) is 0 Å². The fraction of sp³-hybridized carbons (Fsp3) is 0.632. The van der Waals surface area contributed by atoms with E-state index in [0.29, 0.717) is 5.92 Å². The normalized spacial score (nSPS) is 20.2. The lowest BCUT2D eigenvalue weighted by atomic mass is 9.97. The Labute approximate surface area is 156 Å². The summed E-state index contributed by atoms with van der Waals surface area (Å²) in [5.41, 5.74) is 3.60. The Kier molecular flexibility index (Phi) is 4.29. The Bertz CT molecular complexity index is 843. The number of piperidine rings is 1. The molecule has 0 aromatic carbocycles. The third-order valence-corrected chi connectivity index (χ3v) is 6.96. The Morgan fingerprint density at radius 2 is 2.08 bits per heavy atom. The Morgan fingerprint density at radius 3 is 2.92 bits per heavy atom. The first-order valence-corrected chi connectivity index (χ1v) is 10.5. The van der Waals surface area contributed by atoms with Crippen molar-refractivity contribution in [3.05, 3.63) is 38.2 Å². The van der Waals surface area contributed by atoms with Crippen LogP contribution < -0.4 is 10.5 Å². The number of fused-ring (bicyclic) bond motifs is 2. The van der Waals surface area contributed by atoms with Gasteiger partial charge in [-0.1, -0.05) is 11.3 Å². The summed E-state index contributed by atoms with van der Waals surface area (Å²) in [7, 11) is 0. The van der Waals surface area contributed by atoms with E-state index in [-0.39, 0.29) is 5.56 Å².